The van der Waals surface area contributed by atoms with Gasteiger partial charge in [-0.2, -0.15) is 8.42 Å². The minimum atomic E-state index is -4.18. The van der Waals surface area contributed by atoms with Gasteiger partial charge in [-0.25, -0.2) is 0 Å². The molecule has 1 aromatic rings. The Kier molecular flexibility index (Phi) is 5.46. The zero-order valence-electron chi connectivity index (χ0n) is 9.71. The molecule has 1 aromatic carbocycles. The third-order valence-corrected chi connectivity index (χ3v) is 2.79. The normalized spacial score (nSPS) is 15.1. The molecule has 0 aliphatic heterocycles. The maximum Gasteiger partial charge on any atom is 1.00 e. The molecule has 6 heteroatoms. The standard InChI is InChI=1S/C9H12O4S.Na.H/c1-9(10,7-14(11,12)13)8-5-3-2-4-6-8;;/h2-6,10H,7H2,1H3,(H,11,12,13);;/q;+1;-1. The van der Waals surface area contributed by atoms with E-state index in [0.717, 1.165) is 0 Å². The van der Waals surface area contributed by atoms with E-state index in [-0.39, 0.29) is 31.0 Å². The topological polar surface area (TPSA) is 74.6 Å². The van der Waals surface area contributed by atoms with Crippen molar-refractivity contribution in [3.63, 3.8) is 0 Å². The monoisotopic (exact) mass is 240 g/mol. The molecule has 0 spiro atoms. The molecular formula is C9H13NaO4S. The second-order valence-electron chi connectivity index (χ2n) is 3.37. The summed E-state index contributed by atoms with van der Waals surface area (Å²) < 4.78 is 29.9. The van der Waals surface area contributed by atoms with Crippen LogP contribution in [0.25, 0.3) is 0 Å². The van der Waals surface area contributed by atoms with Gasteiger partial charge in [0.1, 0.15) is 11.4 Å². The molecule has 0 aromatic heterocycles. The number of hydrogen-bond acceptors (Lipinski definition) is 3. The minimum absolute atomic E-state index is 0. The molecule has 1 atom stereocenters. The second-order valence-corrected chi connectivity index (χ2v) is 4.82. The van der Waals surface area contributed by atoms with Crippen LogP contribution >= 0.6 is 0 Å². The van der Waals surface area contributed by atoms with Crippen LogP contribution in [0, 0.1) is 0 Å². The number of hydrogen-bond donors (Lipinski definition) is 2. The van der Waals surface area contributed by atoms with Crippen LogP contribution in [0.3, 0.4) is 0 Å². The van der Waals surface area contributed by atoms with Gasteiger partial charge in [-0.1, -0.05) is 30.3 Å². The second kappa shape index (κ2) is 5.43. The fourth-order valence-corrected chi connectivity index (χ4v) is 2.11. The maximum atomic E-state index is 10.6. The van der Waals surface area contributed by atoms with Crippen molar-refractivity contribution in [2.45, 2.75) is 12.5 Å². The first-order chi connectivity index (χ1) is 6.31. The average Bonchev–Trinajstić information content (AvgIpc) is 2.01. The van der Waals surface area contributed by atoms with Crippen LogP contribution in [0.2, 0.25) is 0 Å². The molecule has 80 valence electrons. The molecule has 0 saturated carbocycles. The van der Waals surface area contributed by atoms with Gasteiger partial charge >= 0.3 is 29.6 Å². The zero-order chi connectivity index (χ0) is 10.8. The van der Waals surface area contributed by atoms with E-state index in [2.05, 4.69) is 0 Å². The molecule has 15 heavy (non-hydrogen) atoms. The molecule has 0 saturated heterocycles. The molecule has 0 aliphatic carbocycles. The largest absolute Gasteiger partial charge is 1.00 e. The van der Waals surface area contributed by atoms with E-state index in [1.54, 1.807) is 30.3 Å². The van der Waals surface area contributed by atoms with E-state index in [9.17, 15) is 13.5 Å². The summed E-state index contributed by atoms with van der Waals surface area (Å²) >= 11 is 0. The summed E-state index contributed by atoms with van der Waals surface area (Å²) in [6, 6.07) is 8.34. The first-order valence-corrected chi connectivity index (χ1v) is 5.65. The molecule has 1 rings (SSSR count). The number of benzene rings is 1. The van der Waals surface area contributed by atoms with Gasteiger partial charge in [0, 0.05) is 0 Å². The van der Waals surface area contributed by atoms with Crippen LogP contribution in [0.1, 0.15) is 13.9 Å². The Morgan fingerprint density at radius 1 is 1.33 bits per heavy atom. The Morgan fingerprint density at radius 3 is 2.20 bits per heavy atom. The van der Waals surface area contributed by atoms with E-state index in [4.69, 9.17) is 4.55 Å². The van der Waals surface area contributed by atoms with Gasteiger partial charge < -0.3 is 6.53 Å². The predicted molar refractivity (Wildman–Crippen MR) is 53.5 cm³/mol. The summed E-state index contributed by atoms with van der Waals surface area (Å²) in [6.07, 6.45) is 0. The fraction of sp³-hybridized carbons (Fsp3) is 0.333. The van der Waals surface area contributed by atoms with Gasteiger partial charge in [-0.15, -0.1) is 0 Å². The summed E-state index contributed by atoms with van der Waals surface area (Å²) in [5.74, 6) is -0.704. The molecule has 0 aliphatic rings. The summed E-state index contributed by atoms with van der Waals surface area (Å²) in [7, 11) is -4.18. The molecule has 0 bridgehead atoms. The number of aliphatic hydroxyl groups is 1. The van der Waals surface area contributed by atoms with E-state index < -0.39 is 21.5 Å². The third kappa shape index (κ3) is 5.10. The molecule has 0 heterocycles. The van der Waals surface area contributed by atoms with Gasteiger partial charge in [0.05, 0.1) is 0 Å². The molecule has 0 radical (unpaired) electrons. The van der Waals surface area contributed by atoms with Gasteiger partial charge in [-0.05, 0) is 12.5 Å². The van der Waals surface area contributed by atoms with E-state index in [1.807, 2.05) is 0 Å². The van der Waals surface area contributed by atoms with Crippen LogP contribution < -0.4 is 29.6 Å². The fourth-order valence-electron chi connectivity index (χ4n) is 1.24. The van der Waals surface area contributed by atoms with Crippen molar-refractivity contribution in [1.82, 2.24) is 0 Å². The average molecular weight is 240 g/mol. The Hall–Kier alpha value is 0.0900. The molecule has 0 fully saturated rings. The zero-order valence-corrected chi connectivity index (χ0v) is 11.5. The van der Waals surface area contributed by atoms with Gasteiger partial charge in [0.25, 0.3) is 10.1 Å². The van der Waals surface area contributed by atoms with Crippen LogP contribution in [-0.4, -0.2) is 23.8 Å². The van der Waals surface area contributed by atoms with E-state index >= 15 is 0 Å². The van der Waals surface area contributed by atoms with Gasteiger partial charge in [0.2, 0.25) is 0 Å². The molecule has 4 nitrogen and oxygen atoms in total. The predicted octanol–water partition coefficient (Wildman–Crippen LogP) is -2.10. The van der Waals surface area contributed by atoms with Crippen molar-refractivity contribution in [1.29, 1.82) is 0 Å². The SMILES string of the molecule is CC(O)(CS(=O)(=O)O)c1ccccc1.[H-].[Na+]. The van der Waals surface area contributed by atoms with Gasteiger partial charge in [-0.3, -0.25) is 4.55 Å². The van der Waals surface area contributed by atoms with Crippen molar-refractivity contribution >= 4 is 10.1 Å². The summed E-state index contributed by atoms with van der Waals surface area (Å²) in [4.78, 5) is 0. The van der Waals surface area contributed by atoms with Gasteiger partial charge in [0.15, 0.2) is 0 Å². The van der Waals surface area contributed by atoms with E-state index in [1.165, 1.54) is 6.92 Å². The van der Waals surface area contributed by atoms with E-state index in [0.29, 0.717) is 5.56 Å². The Bertz CT molecular complexity index is 405. The van der Waals surface area contributed by atoms with Crippen molar-refractivity contribution in [3.05, 3.63) is 35.9 Å². The molecule has 2 N–H and O–H groups in total. The number of rotatable bonds is 3. The summed E-state index contributed by atoms with van der Waals surface area (Å²) in [5, 5.41) is 9.78. The van der Waals surface area contributed by atoms with Crippen LogP contribution in [0.5, 0.6) is 0 Å². The first kappa shape index (κ1) is 15.1. The van der Waals surface area contributed by atoms with Crippen molar-refractivity contribution in [2.24, 2.45) is 0 Å². The maximum absolute atomic E-state index is 10.6. The van der Waals surface area contributed by atoms with Crippen LogP contribution in [0.4, 0.5) is 0 Å². The molecule has 1 unspecified atom stereocenters. The van der Waals surface area contributed by atoms with Crippen molar-refractivity contribution < 1.29 is 49.1 Å². The molecule has 0 amide bonds. The Morgan fingerprint density at radius 2 is 1.80 bits per heavy atom. The van der Waals surface area contributed by atoms with Crippen molar-refractivity contribution in [2.75, 3.05) is 5.75 Å². The van der Waals surface area contributed by atoms with Crippen LogP contribution in [-0.2, 0) is 15.7 Å². The van der Waals surface area contributed by atoms with Crippen molar-refractivity contribution in [3.8, 4) is 0 Å². The third-order valence-electron chi connectivity index (χ3n) is 1.86. The first-order valence-electron chi connectivity index (χ1n) is 4.04. The summed E-state index contributed by atoms with van der Waals surface area (Å²) in [5.41, 5.74) is -1.10. The van der Waals surface area contributed by atoms with Crippen LogP contribution in [0.15, 0.2) is 30.3 Å². The molecular weight excluding hydrogens is 227 g/mol. The smallest absolute Gasteiger partial charge is 1.00 e. The Labute approximate surface area is 113 Å². The summed E-state index contributed by atoms with van der Waals surface area (Å²) in [6.45, 7) is 1.34. The quantitative estimate of drug-likeness (QED) is 0.469. The minimum Gasteiger partial charge on any atom is -1.00 e. The Balaban J connectivity index is 0.